The van der Waals surface area contributed by atoms with Crippen molar-refractivity contribution < 1.29 is 13.2 Å². The Hall–Kier alpha value is -1.31. The number of benzene rings is 2. The lowest BCUT2D eigenvalue weighted by molar-refractivity contribution is -0.120. The minimum atomic E-state index is -3.59. The second-order valence-corrected chi connectivity index (χ2v) is 10.3. The minimum absolute atomic E-state index is 0.124. The smallest absolute Gasteiger partial charge is 0.227 e. The highest BCUT2D eigenvalue weighted by Crippen LogP contribution is 2.29. The van der Waals surface area contributed by atoms with E-state index in [4.69, 9.17) is 34.8 Å². The van der Waals surface area contributed by atoms with Gasteiger partial charge in [0.2, 0.25) is 15.9 Å². The summed E-state index contributed by atoms with van der Waals surface area (Å²) in [6.07, 6.45) is 0.891. The van der Waals surface area contributed by atoms with Gasteiger partial charge in [0.15, 0.2) is 0 Å². The number of halogens is 3. The van der Waals surface area contributed by atoms with E-state index < -0.39 is 10.0 Å². The molecule has 1 aliphatic rings. The SMILES string of the molecule is Cc1ccc(Cl)cc1NC(=O)C1CCN(S(=O)(=O)Cc2c(Cl)cccc2Cl)CC1. The van der Waals surface area contributed by atoms with Gasteiger partial charge in [-0.2, -0.15) is 0 Å². The third-order valence-corrected chi connectivity index (χ3v) is 7.81. The van der Waals surface area contributed by atoms with Crippen LogP contribution in [0.3, 0.4) is 0 Å². The molecule has 0 aromatic heterocycles. The topological polar surface area (TPSA) is 66.5 Å². The summed E-state index contributed by atoms with van der Waals surface area (Å²) in [7, 11) is -3.59. The minimum Gasteiger partial charge on any atom is -0.326 e. The Labute approximate surface area is 186 Å². The molecular weight excluding hydrogens is 455 g/mol. The first-order chi connectivity index (χ1) is 13.7. The molecule has 0 radical (unpaired) electrons. The van der Waals surface area contributed by atoms with Gasteiger partial charge >= 0.3 is 0 Å². The first-order valence-corrected chi connectivity index (χ1v) is 11.9. The van der Waals surface area contributed by atoms with Crippen molar-refractivity contribution in [2.75, 3.05) is 18.4 Å². The fourth-order valence-electron chi connectivity index (χ4n) is 3.30. The van der Waals surface area contributed by atoms with E-state index >= 15 is 0 Å². The Morgan fingerprint density at radius 1 is 1.10 bits per heavy atom. The Bertz CT molecular complexity index is 999. The zero-order valence-electron chi connectivity index (χ0n) is 15.8. The molecule has 0 atom stereocenters. The Morgan fingerprint density at radius 3 is 2.34 bits per heavy atom. The molecule has 0 bridgehead atoms. The maximum atomic E-state index is 12.8. The standard InChI is InChI=1S/C20H21Cl3N2O3S/c1-13-5-6-15(21)11-19(13)24-20(26)14-7-9-25(10-8-14)29(27,28)12-16-17(22)3-2-4-18(16)23/h2-6,11,14H,7-10,12H2,1H3,(H,24,26). The van der Waals surface area contributed by atoms with Crippen molar-refractivity contribution in [1.82, 2.24) is 4.31 Å². The van der Waals surface area contributed by atoms with Crippen LogP contribution in [0.5, 0.6) is 0 Å². The van der Waals surface area contributed by atoms with E-state index in [9.17, 15) is 13.2 Å². The zero-order valence-corrected chi connectivity index (χ0v) is 18.9. The number of carbonyl (C=O) groups is 1. The molecule has 5 nitrogen and oxygen atoms in total. The predicted molar refractivity (Wildman–Crippen MR) is 118 cm³/mol. The molecule has 1 amide bonds. The van der Waals surface area contributed by atoms with Crippen molar-refractivity contribution in [3.05, 3.63) is 62.6 Å². The van der Waals surface area contributed by atoms with E-state index in [0.717, 1.165) is 5.56 Å². The van der Waals surface area contributed by atoms with Crippen molar-refractivity contribution in [1.29, 1.82) is 0 Å². The number of nitrogens with zero attached hydrogens (tertiary/aromatic N) is 1. The zero-order chi connectivity index (χ0) is 21.2. The van der Waals surface area contributed by atoms with Gasteiger partial charge in [0, 0.05) is 45.3 Å². The summed E-state index contributed by atoms with van der Waals surface area (Å²) in [5.41, 5.74) is 1.98. The molecule has 0 unspecified atom stereocenters. The third kappa shape index (κ3) is 5.44. The van der Waals surface area contributed by atoms with E-state index in [2.05, 4.69) is 5.32 Å². The molecule has 1 saturated heterocycles. The van der Waals surface area contributed by atoms with Crippen LogP contribution in [0.15, 0.2) is 36.4 Å². The van der Waals surface area contributed by atoms with Gasteiger partial charge in [0.25, 0.3) is 0 Å². The fourth-order valence-corrected chi connectivity index (χ4v) is 5.79. The average Bonchev–Trinajstić information content (AvgIpc) is 2.68. The van der Waals surface area contributed by atoms with Gasteiger partial charge in [-0.3, -0.25) is 4.79 Å². The molecule has 0 aliphatic carbocycles. The molecule has 156 valence electrons. The van der Waals surface area contributed by atoms with E-state index in [1.807, 2.05) is 13.0 Å². The summed E-state index contributed by atoms with van der Waals surface area (Å²) in [4.78, 5) is 12.6. The first kappa shape index (κ1) is 22.4. The number of anilines is 1. The van der Waals surface area contributed by atoms with E-state index in [0.29, 0.717) is 39.2 Å². The van der Waals surface area contributed by atoms with Crippen LogP contribution < -0.4 is 5.32 Å². The lowest BCUT2D eigenvalue weighted by Crippen LogP contribution is -2.42. The molecule has 0 saturated carbocycles. The summed E-state index contributed by atoms with van der Waals surface area (Å²) in [6, 6.07) is 10.2. The number of piperidine rings is 1. The lowest BCUT2D eigenvalue weighted by atomic mass is 9.97. The molecule has 2 aromatic carbocycles. The molecule has 1 aliphatic heterocycles. The normalized spacial score (nSPS) is 16.0. The quantitative estimate of drug-likeness (QED) is 0.651. The van der Waals surface area contributed by atoms with Crippen molar-refractivity contribution in [3.63, 3.8) is 0 Å². The second-order valence-electron chi connectivity index (χ2n) is 7.08. The van der Waals surface area contributed by atoms with E-state index in [1.54, 1.807) is 30.3 Å². The van der Waals surface area contributed by atoms with Crippen LogP contribution in [0.2, 0.25) is 15.1 Å². The number of aryl methyl sites for hydroxylation is 1. The number of rotatable bonds is 5. The van der Waals surface area contributed by atoms with Gasteiger partial charge in [0.05, 0.1) is 5.75 Å². The van der Waals surface area contributed by atoms with Crippen LogP contribution in [0.25, 0.3) is 0 Å². The fraction of sp³-hybridized carbons (Fsp3) is 0.350. The largest absolute Gasteiger partial charge is 0.326 e. The third-order valence-electron chi connectivity index (χ3n) is 5.06. The van der Waals surface area contributed by atoms with Crippen LogP contribution >= 0.6 is 34.8 Å². The monoisotopic (exact) mass is 474 g/mol. The van der Waals surface area contributed by atoms with Gasteiger partial charge in [-0.05, 0) is 49.6 Å². The molecule has 9 heteroatoms. The van der Waals surface area contributed by atoms with E-state index in [-0.39, 0.29) is 30.7 Å². The molecule has 3 rings (SSSR count). The van der Waals surface area contributed by atoms with E-state index in [1.165, 1.54) is 4.31 Å². The van der Waals surface area contributed by atoms with Crippen LogP contribution in [0.4, 0.5) is 5.69 Å². The molecule has 1 heterocycles. The number of amides is 1. The maximum Gasteiger partial charge on any atom is 0.227 e. The second kappa shape index (κ2) is 9.23. The maximum absolute atomic E-state index is 12.8. The highest BCUT2D eigenvalue weighted by atomic mass is 35.5. The van der Waals surface area contributed by atoms with Crippen LogP contribution in [0.1, 0.15) is 24.0 Å². The molecule has 1 N–H and O–H groups in total. The Morgan fingerprint density at radius 2 is 1.72 bits per heavy atom. The Balaban J connectivity index is 1.62. The number of hydrogen-bond acceptors (Lipinski definition) is 3. The summed E-state index contributed by atoms with van der Waals surface area (Å²) < 4.78 is 27.0. The summed E-state index contributed by atoms with van der Waals surface area (Å²) >= 11 is 18.2. The first-order valence-electron chi connectivity index (χ1n) is 9.15. The van der Waals surface area contributed by atoms with Crippen LogP contribution in [0, 0.1) is 12.8 Å². The molecule has 1 fully saturated rings. The van der Waals surface area contributed by atoms with Gasteiger partial charge in [-0.25, -0.2) is 12.7 Å². The summed E-state index contributed by atoms with van der Waals surface area (Å²) in [6.45, 7) is 2.44. The summed E-state index contributed by atoms with van der Waals surface area (Å²) in [5.74, 6) is -0.644. The number of sulfonamides is 1. The van der Waals surface area contributed by atoms with Crippen LogP contribution in [-0.4, -0.2) is 31.7 Å². The van der Waals surface area contributed by atoms with Gasteiger partial charge < -0.3 is 5.32 Å². The molecule has 29 heavy (non-hydrogen) atoms. The number of hydrogen-bond donors (Lipinski definition) is 1. The highest BCUT2D eigenvalue weighted by Gasteiger charge is 2.32. The number of carbonyl (C=O) groups excluding carboxylic acids is 1. The predicted octanol–water partition coefficient (Wildman–Crippen LogP) is 5.14. The number of nitrogens with one attached hydrogen (secondary N) is 1. The van der Waals surface area contributed by atoms with Crippen molar-refractivity contribution in [3.8, 4) is 0 Å². The lowest BCUT2D eigenvalue weighted by Gasteiger charge is -2.31. The molecule has 0 spiro atoms. The highest BCUT2D eigenvalue weighted by molar-refractivity contribution is 7.88. The van der Waals surface area contributed by atoms with Crippen molar-refractivity contribution >= 4 is 56.4 Å². The van der Waals surface area contributed by atoms with Gasteiger partial charge in [-0.1, -0.05) is 46.9 Å². The van der Waals surface area contributed by atoms with Gasteiger partial charge in [-0.15, -0.1) is 0 Å². The molecule has 2 aromatic rings. The van der Waals surface area contributed by atoms with Crippen molar-refractivity contribution in [2.24, 2.45) is 5.92 Å². The van der Waals surface area contributed by atoms with Crippen molar-refractivity contribution in [2.45, 2.75) is 25.5 Å². The molecular formula is C20H21Cl3N2O3S. The summed E-state index contributed by atoms with van der Waals surface area (Å²) in [5, 5.41) is 4.10. The Kier molecular flexibility index (Phi) is 7.12. The van der Waals surface area contributed by atoms with Crippen LogP contribution in [-0.2, 0) is 20.6 Å². The van der Waals surface area contributed by atoms with Gasteiger partial charge in [0.1, 0.15) is 0 Å². The average molecular weight is 476 g/mol.